The standard InChI is InChI=1S/C22H25N3O2S/c1-3-24(4-2)19-12-10-18(11-13-19)23-21(26)14-25-20(15-28-16-22(25)27)17-8-6-5-7-9-17/h5-13,15H,3-4,14,16H2,1-2H3,(H,23,26). The van der Waals surface area contributed by atoms with E-state index in [0.29, 0.717) is 5.75 Å². The number of anilines is 2. The number of nitrogens with zero attached hydrogens (tertiary/aromatic N) is 2. The molecule has 0 fully saturated rings. The molecule has 1 aliphatic rings. The lowest BCUT2D eigenvalue weighted by molar-refractivity contribution is -0.129. The molecule has 0 saturated carbocycles. The zero-order valence-corrected chi connectivity index (χ0v) is 17.0. The van der Waals surface area contributed by atoms with Crippen LogP contribution in [0.2, 0.25) is 0 Å². The van der Waals surface area contributed by atoms with Crippen molar-refractivity contribution in [2.75, 3.05) is 35.6 Å². The van der Waals surface area contributed by atoms with Crippen molar-refractivity contribution in [3.05, 3.63) is 65.6 Å². The largest absolute Gasteiger partial charge is 0.372 e. The average Bonchev–Trinajstić information content (AvgIpc) is 2.72. The zero-order valence-electron chi connectivity index (χ0n) is 16.2. The molecule has 1 heterocycles. The summed E-state index contributed by atoms with van der Waals surface area (Å²) < 4.78 is 0. The van der Waals surface area contributed by atoms with E-state index in [-0.39, 0.29) is 18.4 Å². The van der Waals surface area contributed by atoms with Gasteiger partial charge in [-0.15, -0.1) is 11.8 Å². The molecular weight excluding hydrogens is 370 g/mol. The van der Waals surface area contributed by atoms with Crippen molar-refractivity contribution < 1.29 is 9.59 Å². The lowest BCUT2D eigenvalue weighted by Crippen LogP contribution is -2.39. The van der Waals surface area contributed by atoms with Gasteiger partial charge < -0.3 is 15.1 Å². The maximum absolute atomic E-state index is 12.6. The highest BCUT2D eigenvalue weighted by Crippen LogP contribution is 2.28. The Morgan fingerprint density at radius 3 is 2.39 bits per heavy atom. The number of hydrogen-bond donors (Lipinski definition) is 1. The van der Waals surface area contributed by atoms with Crippen molar-refractivity contribution in [2.45, 2.75) is 13.8 Å². The summed E-state index contributed by atoms with van der Waals surface area (Å²) in [6.45, 7) is 6.10. The van der Waals surface area contributed by atoms with E-state index in [1.807, 2.05) is 60.0 Å². The molecule has 0 bridgehead atoms. The van der Waals surface area contributed by atoms with Crippen LogP contribution in [0.1, 0.15) is 19.4 Å². The van der Waals surface area contributed by atoms with E-state index in [0.717, 1.165) is 35.7 Å². The summed E-state index contributed by atoms with van der Waals surface area (Å²) in [6.07, 6.45) is 0. The minimum Gasteiger partial charge on any atom is -0.372 e. The number of thioether (sulfide) groups is 1. The third kappa shape index (κ3) is 4.75. The first kappa shape index (κ1) is 20.0. The molecule has 0 saturated heterocycles. The minimum atomic E-state index is -0.210. The van der Waals surface area contributed by atoms with Gasteiger partial charge in [0.2, 0.25) is 11.8 Å². The Morgan fingerprint density at radius 2 is 1.75 bits per heavy atom. The number of carbonyl (C=O) groups is 2. The van der Waals surface area contributed by atoms with E-state index >= 15 is 0 Å². The first-order valence-electron chi connectivity index (χ1n) is 9.44. The molecule has 5 nitrogen and oxygen atoms in total. The van der Waals surface area contributed by atoms with Gasteiger partial charge in [-0.3, -0.25) is 9.59 Å². The predicted molar refractivity (Wildman–Crippen MR) is 117 cm³/mol. The molecule has 0 radical (unpaired) electrons. The number of rotatable bonds is 7. The van der Waals surface area contributed by atoms with Gasteiger partial charge in [-0.05, 0) is 49.1 Å². The van der Waals surface area contributed by atoms with Gasteiger partial charge in [0.1, 0.15) is 6.54 Å². The van der Waals surface area contributed by atoms with Crippen LogP contribution in [0.5, 0.6) is 0 Å². The van der Waals surface area contributed by atoms with Gasteiger partial charge in [0.05, 0.1) is 11.4 Å². The molecule has 0 aromatic heterocycles. The molecule has 3 rings (SSSR count). The van der Waals surface area contributed by atoms with E-state index in [2.05, 4.69) is 24.1 Å². The molecule has 28 heavy (non-hydrogen) atoms. The fourth-order valence-corrected chi connectivity index (χ4v) is 3.97. The Labute approximate surface area is 170 Å². The second-order valence-electron chi connectivity index (χ2n) is 6.43. The van der Waals surface area contributed by atoms with Crippen LogP contribution in [0.4, 0.5) is 11.4 Å². The maximum Gasteiger partial charge on any atom is 0.244 e. The molecule has 0 spiro atoms. The van der Waals surface area contributed by atoms with Gasteiger partial charge in [-0.25, -0.2) is 0 Å². The molecular formula is C22H25N3O2S. The third-order valence-corrected chi connectivity index (χ3v) is 5.45. The van der Waals surface area contributed by atoms with Crippen molar-refractivity contribution in [1.29, 1.82) is 0 Å². The summed E-state index contributed by atoms with van der Waals surface area (Å²) in [7, 11) is 0. The van der Waals surface area contributed by atoms with Gasteiger partial charge in [-0.1, -0.05) is 30.3 Å². The Hall–Kier alpha value is -2.73. The highest BCUT2D eigenvalue weighted by atomic mass is 32.2. The number of nitrogens with one attached hydrogen (secondary N) is 1. The molecule has 0 atom stereocenters. The fourth-order valence-electron chi connectivity index (χ4n) is 3.16. The first-order chi connectivity index (χ1) is 13.6. The van der Waals surface area contributed by atoms with Crippen LogP contribution < -0.4 is 10.2 Å². The first-order valence-corrected chi connectivity index (χ1v) is 10.5. The van der Waals surface area contributed by atoms with E-state index in [4.69, 9.17) is 0 Å². The molecule has 146 valence electrons. The van der Waals surface area contributed by atoms with Gasteiger partial charge >= 0.3 is 0 Å². The quantitative estimate of drug-likeness (QED) is 0.769. The van der Waals surface area contributed by atoms with Gasteiger partial charge in [0.15, 0.2) is 0 Å². The minimum absolute atomic E-state index is 0.00207. The smallest absolute Gasteiger partial charge is 0.244 e. The number of carbonyl (C=O) groups excluding carboxylic acids is 2. The molecule has 0 aliphatic carbocycles. The number of benzene rings is 2. The van der Waals surface area contributed by atoms with Crippen LogP contribution in [-0.4, -0.2) is 42.1 Å². The Bertz CT molecular complexity index is 846. The topological polar surface area (TPSA) is 52.7 Å². The van der Waals surface area contributed by atoms with Crippen molar-refractivity contribution in [3.63, 3.8) is 0 Å². The maximum atomic E-state index is 12.6. The van der Waals surface area contributed by atoms with Crippen molar-refractivity contribution >= 4 is 40.6 Å². The highest BCUT2D eigenvalue weighted by Gasteiger charge is 2.25. The Balaban J connectivity index is 1.68. The van der Waals surface area contributed by atoms with Crippen molar-refractivity contribution in [3.8, 4) is 0 Å². The van der Waals surface area contributed by atoms with Gasteiger partial charge in [0.25, 0.3) is 0 Å². The molecule has 1 aliphatic heterocycles. The predicted octanol–water partition coefficient (Wildman–Crippen LogP) is 4.05. The van der Waals surface area contributed by atoms with Crippen LogP contribution >= 0.6 is 11.8 Å². The number of amides is 2. The van der Waals surface area contributed by atoms with Crippen LogP contribution in [0.3, 0.4) is 0 Å². The Morgan fingerprint density at radius 1 is 1.07 bits per heavy atom. The van der Waals surface area contributed by atoms with E-state index < -0.39 is 0 Å². The lowest BCUT2D eigenvalue weighted by Gasteiger charge is -2.28. The average molecular weight is 396 g/mol. The second kappa shape index (κ2) is 9.46. The normalized spacial score (nSPS) is 13.9. The van der Waals surface area contributed by atoms with Crippen LogP contribution in [0.15, 0.2) is 60.0 Å². The van der Waals surface area contributed by atoms with Crippen LogP contribution in [-0.2, 0) is 9.59 Å². The van der Waals surface area contributed by atoms with Crippen LogP contribution in [0, 0.1) is 0 Å². The second-order valence-corrected chi connectivity index (χ2v) is 7.29. The van der Waals surface area contributed by atoms with E-state index in [1.54, 1.807) is 4.90 Å². The summed E-state index contributed by atoms with van der Waals surface area (Å²) in [5.74, 6) is 0.0818. The lowest BCUT2D eigenvalue weighted by atomic mass is 10.1. The third-order valence-electron chi connectivity index (χ3n) is 4.64. The molecule has 6 heteroatoms. The van der Waals surface area contributed by atoms with E-state index in [1.165, 1.54) is 11.8 Å². The van der Waals surface area contributed by atoms with Crippen molar-refractivity contribution in [2.24, 2.45) is 0 Å². The molecule has 2 aromatic rings. The van der Waals surface area contributed by atoms with E-state index in [9.17, 15) is 9.59 Å². The monoisotopic (exact) mass is 395 g/mol. The summed E-state index contributed by atoms with van der Waals surface area (Å²) >= 11 is 1.46. The summed E-state index contributed by atoms with van der Waals surface area (Å²) in [5, 5.41) is 4.85. The fraction of sp³-hybridized carbons (Fsp3) is 0.273. The van der Waals surface area contributed by atoms with Gasteiger partial charge in [0, 0.05) is 24.5 Å². The zero-order chi connectivity index (χ0) is 19.9. The molecule has 2 aromatic carbocycles. The Kier molecular flexibility index (Phi) is 6.76. The molecule has 2 amide bonds. The molecule has 1 N–H and O–H groups in total. The summed E-state index contributed by atoms with van der Waals surface area (Å²) in [4.78, 5) is 28.8. The van der Waals surface area contributed by atoms with Gasteiger partial charge in [-0.2, -0.15) is 0 Å². The van der Waals surface area contributed by atoms with Crippen molar-refractivity contribution in [1.82, 2.24) is 4.90 Å². The summed E-state index contributed by atoms with van der Waals surface area (Å²) in [6, 6.07) is 17.5. The number of hydrogen-bond acceptors (Lipinski definition) is 4. The summed E-state index contributed by atoms with van der Waals surface area (Å²) in [5.41, 5.74) is 3.55. The molecule has 0 unspecified atom stereocenters. The van der Waals surface area contributed by atoms with Crippen LogP contribution in [0.25, 0.3) is 5.70 Å². The highest BCUT2D eigenvalue weighted by molar-refractivity contribution is 8.03. The SMILES string of the molecule is CCN(CC)c1ccc(NC(=O)CN2C(=O)CSC=C2c2ccccc2)cc1.